The zero-order valence-electron chi connectivity index (χ0n) is 11.3. The van der Waals surface area contributed by atoms with Crippen LogP contribution in [-0.2, 0) is 4.79 Å². The molecule has 0 saturated carbocycles. The van der Waals surface area contributed by atoms with Crippen molar-refractivity contribution >= 4 is 5.97 Å². The van der Waals surface area contributed by atoms with Gasteiger partial charge in [0, 0.05) is 6.42 Å². The Labute approximate surface area is 121 Å². The summed E-state index contributed by atoms with van der Waals surface area (Å²) in [6.07, 6.45) is 0.858. The summed E-state index contributed by atoms with van der Waals surface area (Å²) in [6.45, 7) is 0. The molecule has 0 saturated heterocycles. The first-order valence-corrected chi connectivity index (χ1v) is 6.60. The highest BCUT2D eigenvalue weighted by atomic mass is 16.6. The quantitative estimate of drug-likeness (QED) is 0.779. The lowest BCUT2D eigenvalue weighted by Gasteiger charge is -2.24. The Kier molecular flexibility index (Phi) is 4.80. The third-order valence-corrected chi connectivity index (χ3v) is 3.02. The van der Waals surface area contributed by atoms with Crippen molar-refractivity contribution in [2.45, 2.75) is 31.8 Å². The van der Waals surface area contributed by atoms with Crippen LogP contribution < -0.4 is 9.47 Å². The molecule has 0 fully saturated rings. The molecule has 0 amide bonds. The monoisotopic (exact) mass is 289 g/mol. The smallest absolute Gasteiger partial charge is 0.375 e. The standard InChI is InChI=1S/C15H15NO5/c16-9-5-1-2-6-10(17)13-14(15(18)19)21-12-8-4-3-7-11(12)20-13/h3-4,7-8,10,17H,1-2,5-6H2,(H,18,19). The van der Waals surface area contributed by atoms with Crippen LogP contribution in [0.2, 0.25) is 0 Å². The van der Waals surface area contributed by atoms with Gasteiger partial charge in [-0.1, -0.05) is 12.1 Å². The molecular weight excluding hydrogens is 274 g/mol. The Morgan fingerprint density at radius 1 is 1.24 bits per heavy atom. The van der Waals surface area contributed by atoms with Crippen molar-refractivity contribution in [3.63, 3.8) is 0 Å². The van der Waals surface area contributed by atoms with E-state index in [2.05, 4.69) is 0 Å². The van der Waals surface area contributed by atoms with Gasteiger partial charge in [-0.05, 0) is 31.4 Å². The van der Waals surface area contributed by atoms with Gasteiger partial charge in [-0.2, -0.15) is 5.26 Å². The summed E-state index contributed by atoms with van der Waals surface area (Å²) < 4.78 is 10.8. The maximum absolute atomic E-state index is 11.2. The molecule has 1 aromatic carbocycles. The van der Waals surface area contributed by atoms with Gasteiger partial charge in [0.2, 0.25) is 0 Å². The number of carboxylic acid groups (broad SMARTS) is 1. The van der Waals surface area contributed by atoms with Crippen LogP contribution in [0.4, 0.5) is 0 Å². The minimum absolute atomic E-state index is 0.0989. The molecule has 6 heteroatoms. The lowest BCUT2D eigenvalue weighted by molar-refractivity contribution is -0.135. The van der Waals surface area contributed by atoms with Gasteiger partial charge in [0.05, 0.1) is 6.07 Å². The average molecular weight is 289 g/mol. The highest BCUT2D eigenvalue weighted by Gasteiger charge is 2.30. The molecule has 1 atom stereocenters. The topological polar surface area (TPSA) is 99.8 Å². The molecular formula is C15H15NO5. The predicted molar refractivity (Wildman–Crippen MR) is 72.4 cm³/mol. The summed E-state index contributed by atoms with van der Waals surface area (Å²) in [5.41, 5.74) is 0. The van der Waals surface area contributed by atoms with Gasteiger partial charge >= 0.3 is 5.97 Å². The molecule has 2 N–H and O–H groups in total. The number of nitrogens with zero attached hydrogens (tertiary/aromatic N) is 1. The molecule has 2 rings (SSSR count). The predicted octanol–water partition coefficient (Wildman–Crippen LogP) is 2.20. The van der Waals surface area contributed by atoms with E-state index in [1.807, 2.05) is 6.07 Å². The fourth-order valence-electron chi connectivity index (χ4n) is 1.99. The minimum atomic E-state index is -1.30. The first-order chi connectivity index (χ1) is 10.1. The van der Waals surface area contributed by atoms with Gasteiger partial charge in [-0.15, -0.1) is 0 Å². The van der Waals surface area contributed by atoms with Gasteiger partial charge in [0.25, 0.3) is 5.76 Å². The molecule has 1 heterocycles. The summed E-state index contributed by atoms with van der Waals surface area (Å²) in [7, 11) is 0. The van der Waals surface area contributed by atoms with Crippen molar-refractivity contribution in [1.82, 2.24) is 0 Å². The maximum atomic E-state index is 11.2. The zero-order chi connectivity index (χ0) is 15.2. The van der Waals surface area contributed by atoms with E-state index in [-0.39, 0.29) is 5.76 Å². The van der Waals surface area contributed by atoms with Crippen molar-refractivity contribution in [3.8, 4) is 17.6 Å². The van der Waals surface area contributed by atoms with Gasteiger partial charge in [-0.25, -0.2) is 4.79 Å². The van der Waals surface area contributed by atoms with E-state index in [9.17, 15) is 15.0 Å². The number of benzene rings is 1. The number of ether oxygens (including phenoxy) is 2. The number of para-hydroxylation sites is 2. The van der Waals surface area contributed by atoms with Crippen LogP contribution in [0.25, 0.3) is 0 Å². The Morgan fingerprint density at radius 2 is 1.90 bits per heavy atom. The van der Waals surface area contributed by atoms with E-state index in [0.717, 1.165) is 0 Å². The van der Waals surface area contributed by atoms with Crippen molar-refractivity contribution in [3.05, 3.63) is 35.8 Å². The molecule has 1 aliphatic rings. The van der Waals surface area contributed by atoms with Crippen molar-refractivity contribution in [2.24, 2.45) is 0 Å². The van der Waals surface area contributed by atoms with Crippen molar-refractivity contribution in [2.75, 3.05) is 0 Å². The number of carboxylic acids is 1. The average Bonchev–Trinajstić information content (AvgIpc) is 2.50. The van der Waals surface area contributed by atoms with Crippen LogP contribution in [0.3, 0.4) is 0 Å². The summed E-state index contributed by atoms with van der Waals surface area (Å²) in [5, 5.41) is 27.7. The molecule has 110 valence electrons. The summed E-state index contributed by atoms with van der Waals surface area (Å²) in [5.74, 6) is -1.13. The molecule has 0 bridgehead atoms. The minimum Gasteiger partial charge on any atom is -0.475 e. The van der Waals surface area contributed by atoms with Crippen LogP contribution in [-0.4, -0.2) is 22.3 Å². The van der Waals surface area contributed by atoms with E-state index in [1.54, 1.807) is 24.3 Å². The second-order valence-corrected chi connectivity index (χ2v) is 4.57. The highest BCUT2D eigenvalue weighted by Crippen LogP contribution is 2.36. The molecule has 1 aromatic rings. The Hall–Kier alpha value is -2.52. The number of hydrogen-bond acceptors (Lipinski definition) is 5. The Balaban J connectivity index is 2.14. The van der Waals surface area contributed by atoms with Crippen LogP contribution in [0, 0.1) is 11.3 Å². The Bertz CT molecular complexity index is 602. The second kappa shape index (κ2) is 6.77. The van der Waals surface area contributed by atoms with Crippen LogP contribution in [0.15, 0.2) is 35.8 Å². The molecule has 21 heavy (non-hydrogen) atoms. The van der Waals surface area contributed by atoms with Crippen LogP contribution in [0.5, 0.6) is 11.5 Å². The molecule has 6 nitrogen and oxygen atoms in total. The normalized spacial score (nSPS) is 14.5. The van der Waals surface area contributed by atoms with E-state index in [4.69, 9.17) is 14.7 Å². The number of aliphatic hydroxyl groups is 1. The third-order valence-electron chi connectivity index (χ3n) is 3.02. The van der Waals surface area contributed by atoms with E-state index in [0.29, 0.717) is 37.2 Å². The number of rotatable bonds is 6. The lowest BCUT2D eigenvalue weighted by atomic mass is 10.1. The molecule has 1 aliphatic heterocycles. The number of carbonyl (C=O) groups is 1. The van der Waals surface area contributed by atoms with E-state index in [1.165, 1.54) is 0 Å². The van der Waals surface area contributed by atoms with Crippen molar-refractivity contribution in [1.29, 1.82) is 5.26 Å². The largest absolute Gasteiger partial charge is 0.475 e. The number of nitriles is 1. The lowest BCUT2D eigenvalue weighted by Crippen LogP contribution is -2.26. The van der Waals surface area contributed by atoms with E-state index < -0.39 is 17.8 Å². The second-order valence-electron chi connectivity index (χ2n) is 4.57. The van der Waals surface area contributed by atoms with Crippen molar-refractivity contribution < 1.29 is 24.5 Å². The third kappa shape index (κ3) is 3.52. The zero-order valence-corrected chi connectivity index (χ0v) is 11.3. The van der Waals surface area contributed by atoms with Crippen LogP contribution in [0.1, 0.15) is 25.7 Å². The highest BCUT2D eigenvalue weighted by molar-refractivity contribution is 5.86. The first-order valence-electron chi connectivity index (χ1n) is 6.60. The van der Waals surface area contributed by atoms with E-state index >= 15 is 0 Å². The number of aliphatic hydroxyl groups excluding tert-OH is 1. The summed E-state index contributed by atoms with van der Waals surface area (Å²) in [6, 6.07) is 8.67. The molecule has 0 radical (unpaired) electrons. The fraction of sp³-hybridized carbons (Fsp3) is 0.333. The van der Waals surface area contributed by atoms with Crippen LogP contribution >= 0.6 is 0 Å². The number of hydrogen-bond donors (Lipinski definition) is 2. The molecule has 0 spiro atoms. The summed E-state index contributed by atoms with van der Waals surface area (Å²) in [4.78, 5) is 11.2. The van der Waals surface area contributed by atoms with Gasteiger partial charge < -0.3 is 19.7 Å². The molecule has 1 unspecified atom stereocenters. The molecule has 0 aliphatic carbocycles. The SMILES string of the molecule is N#CCCCCC(O)C1=C(C(=O)O)Oc2ccccc2O1. The number of fused-ring (bicyclic) bond motifs is 1. The fourth-order valence-corrected chi connectivity index (χ4v) is 1.99. The van der Waals surface area contributed by atoms with Gasteiger partial charge in [0.15, 0.2) is 17.3 Å². The van der Waals surface area contributed by atoms with Gasteiger partial charge in [-0.3, -0.25) is 0 Å². The van der Waals surface area contributed by atoms with Gasteiger partial charge in [0.1, 0.15) is 6.10 Å². The molecule has 0 aromatic heterocycles. The number of unbranched alkanes of at least 4 members (excludes halogenated alkanes) is 2. The summed E-state index contributed by atoms with van der Waals surface area (Å²) >= 11 is 0. The maximum Gasteiger partial charge on any atom is 0.375 e. The Morgan fingerprint density at radius 3 is 2.52 bits per heavy atom. The number of aliphatic carboxylic acids is 1. The first kappa shape index (κ1) is 14.9.